The van der Waals surface area contributed by atoms with E-state index in [1.165, 1.54) is 53.5 Å². The van der Waals surface area contributed by atoms with Gasteiger partial charge < -0.3 is 5.32 Å². The van der Waals surface area contributed by atoms with Crippen LogP contribution in [0.5, 0.6) is 0 Å². The summed E-state index contributed by atoms with van der Waals surface area (Å²) in [4.78, 5) is 21.0. The van der Waals surface area contributed by atoms with Gasteiger partial charge in [-0.3, -0.25) is 14.8 Å². The van der Waals surface area contributed by atoms with Gasteiger partial charge >= 0.3 is 0 Å². The molecule has 10 heteroatoms. The van der Waals surface area contributed by atoms with E-state index in [0.29, 0.717) is 5.69 Å². The third kappa shape index (κ3) is 4.23. The van der Waals surface area contributed by atoms with Crippen LogP contribution in [-0.4, -0.2) is 35.1 Å². The molecule has 0 saturated carbocycles. The van der Waals surface area contributed by atoms with Crippen LogP contribution < -0.4 is 15.9 Å². The third-order valence-electron chi connectivity index (χ3n) is 5.37. The minimum absolute atomic E-state index is 0.0188. The fourth-order valence-corrected chi connectivity index (χ4v) is 4.72. The molecule has 0 saturated heterocycles. The van der Waals surface area contributed by atoms with Crippen molar-refractivity contribution in [2.24, 2.45) is 4.99 Å². The summed E-state index contributed by atoms with van der Waals surface area (Å²) < 4.78 is 40.5. The Balaban J connectivity index is 1.26. The second-order valence-electron chi connectivity index (χ2n) is 7.64. The lowest BCUT2D eigenvalue weighted by Gasteiger charge is -2.08. The minimum atomic E-state index is -3.80. The highest BCUT2D eigenvalue weighted by molar-refractivity contribution is 7.91. The molecule has 0 spiro atoms. The van der Waals surface area contributed by atoms with Gasteiger partial charge in [0.25, 0.3) is 0 Å². The van der Waals surface area contributed by atoms with Crippen molar-refractivity contribution in [2.45, 2.75) is 22.4 Å². The van der Waals surface area contributed by atoms with Crippen LogP contribution in [0.2, 0.25) is 0 Å². The molecule has 2 aromatic heterocycles. The summed E-state index contributed by atoms with van der Waals surface area (Å²) >= 11 is 0. The topological polar surface area (TPSA) is 106 Å². The molecule has 5 rings (SSSR count). The van der Waals surface area contributed by atoms with Crippen LogP contribution in [0.15, 0.2) is 94.2 Å². The molecule has 1 N–H and O–H groups in total. The molecule has 34 heavy (non-hydrogen) atoms. The largest absolute Gasteiger partial charge is 0.350 e. The quantitative estimate of drug-likeness (QED) is 0.453. The molecule has 4 aromatic rings. The highest BCUT2D eigenvalue weighted by Gasteiger charge is 2.21. The van der Waals surface area contributed by atoms with Gasteiger partial charge in [-0.15, -0.1) is 0 Å². The van der Waals surface area contributed by atoms with Gasteiger partial charge in [-0.05, 0) is 54.1 Å². The zero-order chi connectivity index (χ0) is 23.7. The number of carbonyl (C=O) groups excluding carboxylic acids is 1. The monoisotopic (exact) mass is 475 g/mol. The molecule has 1 amide bonds. The van der Waals surface area contributed by atoms with Crippen molar-refractivity contribution in [2.75, 3.05) is 0 Å². The molecule has 1 unspecified atom stereocenters. The molecule has 0 fully saturated rings. The molecular weight excluding hydrogens is 457 g/mol. The lowest BCUT2D eigenvalue weighted by molar-refractivity contribution is -0.121. The van der Waals surface area contributed by atoms with Crippen molar-refractivity contribution in [3.8, 4) is 5.69 Å². The van der Waals surface area contributed by atoms with Gasteiger partial charge in [0.1, 0.15) is 16.8 Å². The summed E-state index contributed by atoms with van der Waals surface area (Å²) in [5.74, 6) is -0.640. The molecule has 1 aliphatic rings. The lowest BCUT2D eigenvalue weighted by atomic mass is 10.2. The second kappa shape index (κ2) is 8.64. The number of nitrogens with zero attached hydrogens (tertiary/aromatic N) is 4. The highest BCUT2D eigenvalue weighted by Crippen LogP contribution is 2.22. The fourth-order valence-electron chi connectivity index (χ4n) is 3.53. The first-order valence-electron chi connectivity index (χ1n) is 10.3. The predicted octanol–water partition coefficient (Wildman–Crippen LogP) is 1.34. The van der Waals surface area contributed by atoms with Crippen molar-refractivity contribution in [3.63, 3.8) is 0 Å². The molecule has 0 bridgehead atoms. The average molecular weight is 476 g/mol. The summed E-state index contributed by atoms with van der Waals surface area (Å²) in [7, 11) is -3.80. The van der Waals surface area contributed by atoms with Gasteiger partial charge in [0, 0.05) is 30.4 Å². The summed E-state index contributed by atoms with van der Waals surface area (Å²) in [5, 5.41) is 8.44. The SMILES string of the molecule is O=C(NCc1ccc(S(=O)(=O)c2cnn(-c3ccc(F)cc3)c2)cc1)C1C=c2cnccc2=N1. The Morgan fingerprint density at radius 1 is 1.00 bits per heavy atom. The number of aromatic nitrogens is 3. The van der Waals surface area contributed by atoms with Crippen molar-refractivity contribution >= 4 is 21.8 Å². The molecule has 1 atom stereocenters. The van der Waals surface area contributed by atoms with Crippen LogP contribution in [-0.2, 0) is 21.2 Å². The van der Waals surface area contributed by atoms with Crippen molar-refractivity contribution in [1.29, 1.82) is 0 Å². The first kappa shape index (κ1) is 21.7. The average Bonchev–Trinajstić information content (AvgIpc) is 3.51. The number of amides is 1. The second-order valence-corrected chi connectivity index (χ2v) is 9.59. The van der Waals surface area contributed by atoms with Crippen LogP contribution in [0.25, 0.3) is 11.8 Å². The maximum Gasteiger partial charge on any atom is 0.249 e. The van der Waals surface area contributed by atoms with Gasteiger partial charge in [-0.2, -0.15) is 5.10 Å². The van der Waals surface area contributed by atoms with E-state index in [2.05, 4.69) is 20.4 Å². The number of carbonyl (C=O) groups is 1. The van der Waals surface area contributed by atoms with E-state index in [-0.39, 0.29) is 22.2 Å². The highest BCUT2D eigenvalue weighted by atomic mass is 32.2. The predicted molar refractivity (Wildman–Crippen MR) is 121 cm³/mol. The number of rotatable bonds is 6. The number of sulfone groups is 1. The number of nitrogens with one attached hydrogen (secondary N) is 1. The minimum Gasteiger partial charge on any atom is -0.350 e. The van der Waals surface area contributed by atoms with E-state index in [4.69, 9.17) is 0 Å². The van der Waals surface area contributed by atoms with E-state index < -0.39 is 21.7 Å². The number of pyridine rings is 1. The number of halogens is 1. The molecule has 0 aliphatic carbocycles. The molecular formula is C24H18FN5O3S. The van der Waals surface area contributed by atoms with Gasteiger partial charge in [0.15, 0.2) is 0 Å². The van der Waals surface area contributed by atoms with E-state index in [9.17, 15) is 17.6 Å². The molecule has 8 nitrogen and oxygen atoms in total. The van der Waals surface area contributed by atoms with Crippen LogP contribution in [0.1, 0.15) is 5.56 Å². The van der Waals surface area contributed by atoms with Crippen molar-refractivity contribution in [1.82, 2.24) is 20.1 Å². The van der Waals surface area contributed by atoms with E-state index in [1.54, 1.807) is 36.7 Å². The number of benzene rings is 2. The Bertz CT molecular complexity index is 1560. The van der Waals surface area contributed by atoms with Crippen molar-refractivity contribution in [3.05, 3.63) is 101 Å². The first-order valence-corrected chi connectivity index (χ1v) is 11.8. The molecule has 0 radical (unpaired) electrons. The molecule has 3 heterocycles. The number of fused-ring (bicyclic) bond motifs is 1. The van der Waals surface area contributed by atoms with E-state index in [0.717, 1.165) is 16.1 Å². The summed E-state index contributed by atoms with van der Waals surface area (Å²) in [6.45, 7) is 0.232. The van der Waals surface area contributed by atoms with Crippen LogP contribution >= 0.6 is 0 Å². The Morgan fingerprint density at radius 3 is 2.50 bits per heavy atom. The standard InChI is InChI=1S/C24H18FN5O3S/c25-18-3-5-19(6-4-18)30-15-21(14-28-30)34(32,33)20-7-1-16(2-8-20)12-27-24(31)23-11-17-13-26-10-9-22(17)29-23/h1-11,13-15,23H,12H2,(H,27,31). The van der Waals surface area contributed by atoms with Gasteiger partial charge in [-0.25, -0.2) is 17.5 Å². The summed E-state index contributed by atoms with van der Waals surface area (Å²) in [5.41, 5.74) is 1.28. The lowest BCUT2D eigenvalue weighted by Crippen LogP contribution is -2.31. The number of hydrogen-bond donors (Lipinski definition) is 1. The summed E-state index contributed by atoms with van der Waals surface area (Å²) in [6.07, 6.45) is 7.67. The number of hydrogen-bond acceptors (Lipinski definition) is 6. The Hall–Kier alpha value is -4.18. The summed E-state index contributed by atoms with van der Waals surface area (Å²) in [6, 6.07) is 13.0. The van der Waals surface area contributed by atoms with E-state index in [1.807, 2.05) is 0 Å². The van der Waals surface area contributed by atoms with Gasteiger partial charge in [0.05, 0.1) is 22.1 Å². The third-order valence-corrected chi connectivity index (χ3v) is 7.10. The van der Waals surface area contributed by atoms with Crippen molar-refractivity contribution < 1.29 is 17.6 Å². The maximum absolute atomic E-state index is 13.1. The molecule has 2 aromatic carbocycles. The Kier molecular flexibility index (Phi) is 5.50. The normalized spacial score (nSPS) is 14.7. The molecule has 170 valence electrons. The van der Waals surface area contributed by atoms with Crippen LogP contribution in [0.4, 0.5) is 4.39 Å². The van der Waals surface area contributed by atoms with Crippen LogP contribution in [0, 0.1) is 5.82 Å². The Labute approximate surface area is 194 Å². The fraction of sp³-hybridized carbons (Fsp3) is 0.0833. The molecule has 1 aliphatic heterocycles. The first-order chi connectivity index (χ1) is 16.4. The maximum atomic E-state index is 13.1. The van der Waals surface area contributed by atoms with Crippen LogP contribution in [0.3, 0.4) is 0 Å². The van der Waals surface area contributed by atoms with Gasteiger partial charge in [-0.1, -0.05) is 12.1 Å². The zero-order valence-corrected chi connectivity index (χ0v) is 18.5. The van der Waals surface area contributed by atoms with Gasteiger partial charge in [0.2, 0.25) is 15.7 Å². The van der Waals surface area contributed by atoms with E-state index >= 15 is 0 Å². The zero-order valence-electron chi connectivity index (χ0n) is 17.7. The smallest absolute Gasteiger partial charge is 0.249 e. The Morgan fingerprint density at radius 2 is 1.76 bits per heavy atom.